The number of benzene rings is 1. The highest BCUT2D eigenvalue weighted by molar-refractivity contribution is 14.0. The molecule has 3 rings (SSSR count). The highest BCUT2D eigenvalue weighted by atomic mass is 127. The largest absolute Gasteiger partial charge is 0.356 e. The fraction of sp³-hybridized carbons (Fsp3) is 0.294. The first kappa shape index (κ1) is 19.1. The fourth-order valence-electron chi connectivity index (χ4n) is 2.27. The molecule has 2 heterocycles. The molecule has 0 aliphatic heterocycles. The van der Waals surface area contributed by atoms with Gasteiger partial charge >= 0.3 is 0 Å². The third-order valence-corrected chi connectivity index (χ3v) is 5.29. The minimum atomic E-state index is 0. The number of hydrogen-bond acceptors (Lipinski definition) is 4. The molecule has 0 radical (unpaired) electrons. The number of guanidine groups is 1. The zero-order valence-corrected chi connectivity index (χ0v) is 17.5. The number of halogens is 1. The Labute approximate surface area is 167 Å². The van der Waals surface area contributed by atoms with Crippen molar-refractivity contribution in [3.05, 3.63) is 51.7 Å². The number of hydrogen-bond donors (Lipinski definition) is 2. The van der Waals surface area contributed by atoms with Gasteiger partial charge in [-0.1, -0.05) is 12.1 Å². The minimum absolute atomic E-state index is 0. The van der Waals surface area contributed by atoms with Crippen LogP contribution < -0.4 is 10.6 Å². The second-order valence-corrected chi connectivity index (χ2v) is 7.06. The first-order valence-electron chi connectivity index (χ1n) is 7.65. The predicted octanol–water partition coefficient (Wildman–Crippen LogP) is 4.27. The Morgan fingerprint density at radius 3 is 2.83 bits per heavy atom. The Morgan fingerprint density at radius 1 is 1.21 bits per heavy atom. The van der Waals surface area contributed by atoms with Crippen LogP contribution >= 0.6 is 46.7 Å². The Hall–Kier alpha value is -1.19. The van der Waals surface area contributed by atoms with Gasteiger partial charge < -0.3 is 10.6 Å². The molecule has 3 aromatic rings. The summed E-state index contributed by atoms with van der Waals surface area (Å²) >= 11 is 3.50. The number of thiazole rings is 1. The molecule has 0 aliphatic carbocycles. The molecule has 1 aromatic carbocycles. The van der Waals surface area contributed by atoms with Crippen molar-refractivity contribution in [2.24, 2.45) is 4.99 Å². The van der Waals surface area contributed by atoms with E-state index >= 15 is 0 Å². The van der Waals surface area contributed by atoms with Crippen molar-refractivity contribution < 1.29 is 0 Å². The highest BCUT2D eigenvalue weighted by Gasteiger charge is 2.03. The van der Waals surface area contributed by atoms with Gasteiger partial charge in [0.15, 0.2) is 5.96 Å². The number of nitrogens with zero attached hydrogens (tertiary/aromatic N) is 2. The molecule has 0 fully saturated rings. The topological polar surface area (TPSA) is 49.3 Å². The quantitative estimate of drug-likeness (QED) is 0.244. The lowest BCUT2D eigenvalue weighted by molar-refractivity contribution is 0.741. The van der Waals surface area contributed by atoms with E-state index in [1.165, 1.54) is 15.3 Å². The van der Waals surface area contributed by atoms with Gasteiger partial charge in [-0.2, -0.15) is 11.3 Å². The number of fused-ring (bicyclic) bond motifs is 1. The molecule has 0 atom stereocenters. The van der Waals surface area contributed by atoms with Crippen LogP contribution in [0.1, 0.15) is 17.0 Å². The second kappa shape index (κ2) is 9.95. The molecule has 0 amide bonds. The average Bonchev–Trinajstić information content (AvgIpc) is 3.23. The van der Waals surface area contributed by atoms with Gasteiger partial charge in [0.05, 0.1) is 15.2 Å². The van der Waals surface area contributed by atoms with Crippen molar-refractivity contribution in [2.45, 2.75) is 19.4 Å². The summed E-state index contributed by atoms with van der Waals surface area (Å²) in [5, 5.41) is 12.1. The van der Waals surface area contributed by atoms with E-state index in [-0.39, 0.29) is 24.0 Å². The van der Waals surface area contributed by atoms with Crippen LogP contribution in [0.2, 0.25) is 0 Å². The molecule has 24 heavy (non-hydrogen) atoms. The van der Waals surface area contributed by atoms with E-state index in [9.17, 15) is 0 Å². The maximum absolute atomic E-state index is 4.67. The van der Waals surface area contributed by atoms with Crippen LogP contribution in [0.5, 0.6) is 0 Å². The summed E-state index contributed by atoms with van der Waals surface area (Å²) in [6, 6.07) is 10.4. The predicted molar refractivity (Wildman–Crippen MR) is 116 cm³/mol. The molecule has 0 saturated carbocycles. The van der Waals surface area contributed by atoms with Gasteiger partial charge in [0, 0.05) is 26.6 Å². The number of nitrogens with one attached hydrogen (secondary N) is 2. The van der Waals surface area contributed by atoms with Gasteiger partial charge in [0.1, 0.15) is 0 Å². The lowest BCUT2D eigenvalue weighted by Crippen LogP contribution is -2.37. The Bertz CT molecular complexity index is 735. The van der Waals surface area contributed by atoms with Crippen molar-refractivity contribution in [3.63, 3.8) is 0 Å². The summed E-state index contributed by atoms with van der Waals surface area (Å²) in [5.74, 6) is 0.848. The van der Waals surface area contributed by atoms with Crippen LogP contribution in [-0.4, -0.2) is 24.5 Å². The van der Waals surface area contributed by atoms with E-state index in [0.29, 0.717) is 0 Å². The molecule has 0 bridgehead atoms. The number of aromatic nitrogens is 1. The molecule has 0 spiro atoms. The van der Waals surface area contributed by atoms with E-state index in [4.69, 9.17) is 0 Å². The van der Waals surface area contributed by atoms with Crippen molar-refractivity contribution in [1.82, 2.24) is 15.6 Å². The number of thiophene rings is 1. The molecule has 0 aliphatic rings. The second-order valence-electron chi connectivity index (χ2n) is 5.16. The van der Waals surface area contributed by atoms with Crippen LogP contribution in [-0.2, 0) is 13.0 Å². The number of aliphatic imine (C=N–C) groups is 1. The monoisotopic (exact) mass is 472 g/mol. The zero-order chi connectivity index (χ0) is 15.9. The van der Waals surface area contributed by atoms with E-state index < -0.39 is 0 Å². The molecule has 7 heteroatoms. The lowest BCUT2D eigenvalue weighted by atomic mass is 10.3. The van der Waals surface area contributed by atoms with E-state index in [1.54, 1.807) is 29.7 Å². The van der Waals surface area contributed by atoms with Gasteiger partial charge in [-0.05, 0) is 40.9 Å². The first-order valence-corrected chi connectivity index (χ1v) is 9.41. The van der Waals surface area contributed by atoms with Crippen molar-refractivity contribution in [3.8, 4) is 0 Å². The molecule has 2 N–H and O–H groups in total. The molecular weight excluding hydrogens is 451 g/mol. The van der Waals surface area contributed by atoms with E-state index in [0.717, 1.165) is 37.4 Å². The summed E-state index contributed by atoms with van der Waals surface area (Å²) in [4.78, 5) is 8.92. The maximum Gasteiger partial charge on any atom is 0.191 e. The first-order chi connectivity index (χ1) is 11.3. The molecule has 128 valence electrons. The third kappa shape index (κ3) is 5.42. The summed E-state index contributed by atoms with van der Waals surface area (Å²) in [7, 11) is 1.80. The van der Waals surface area contributed by atoms with Crippen LogP contribution in [0.25, 0.3) is 10.2 Å². The number of para-hydroxylation sites is 1. The zero-order valence-electron chi connectivity index (χ0n) is 13.5. The molecule has 4 nitrogen and oxygen atoms in total. The third-order valence-electron chi connectivity index (χ3n) is 3.46. The maximum atomic E-state index is 4.67. The van der Waals surface area contributed by atoms with Crippen molar-refractivity contribution in [2.75, 3.05) is 13.6 Å². The van der Waals surface area contributed by atoms with E-state index in [1.807, 2.05) is 6.07 Å². The molecule has 0 unspecified atom stereocenters. The standard InChI is InChI=1S/C17H20N4S2.HI/c1-18-17(20-11-13-8-10-22-12-13)19-9-4-7-16-21-14-5-2-3-6-15(14)23-16;/h2-3,5-6,8,10,12H,4,7,9,11H2,1H3,(H2,18,19,20);1H. The summed E-state index contributed by atoms with van der Waals surface area (Å²) in [6.45, 7) is 1.69. The normalized spacial score (nSPS) is 11.3. The smallest absolute Gasteiger partial charge is 0.191 e. The van der Waals surface area contributed by atoms with Gasteiger partial charge in [-0.3, -0.25) is 4.99 Å². The fourth-order valence-corrected chi connectivity index (χ4v) is 3.95. The lowest BCUT2D eigenvalue weighted by Gasteiger charge is -2.10. The number of aryl methyl sites for hydroxylation is 1. The molecule has 2 aromatic heterocycles. The van der Waals surface area contributed by atoms with E-state index in [2.05, 4.69) is 55.6 Å². The van der Waals surface area contributed by atoms with Crippen molar-refractivity contribution >= 4 is 62.8 Å². The summed E-state index contributed by atoms with van der Waals surface area (Å²) < 4.78 is 1.27. The van der Waals surface area contributed by atoms with Gasteiger partial charge in [-0.25, -0.2) is 4.98 Å². The van der Waals surface area contributed by atoms with Crippen molar-refractivity contribution in [1.29, 1.82) is 0 Å². The van der Waals surface area contributed by atoms with Crippen LogP contribution in [0.4, 0.5) is 0 Å². The average molecular weight is 472 g/mol. The Kier molecular flexibility index (Phi) is 7.93. The SMILES string of the molecule is CN=C(NCCCc1nc2ccccc2s1)NCc1ccsc1.I. The van der Waals surface area contributed by atoms with Gasteiger partial charge in [0.2, 0.25) is 0 Å². The van der Waals surface area contributed by atoms with Crippen LogP contribution in [0, 0.1) is 0 Å². The van der Waals surface area contributed by atoms with Gasteiger partial charge in [0.25, 0.3) is 0 Å². The Morgan fingerprint density at radius 2 is 2.08 bits per heavy atom. The molecular formula is C17H21IN4S2. The minimum Gasteiger partial charge on any atom is -0.356 e. The summed E-state index contributed by atoms with van der Waals surface area (Å²) in [5.41, 5.74) is 2.39. The molecule has 0 saturated heterocycles. The number of rotatable bonds is 6. The summed E-state index contributed by atoms with van der Waals surface area (Å²) in [6.07, 6.45) is 2.03. The highest BCUT2D eigenvalue weighted by Crippen LogP contribution is 2.22. The van der Waals surface area contributed by atoms with Gasteiger partial charge in [-0.15, -0.1) is 35.3 Å². The van der Waals surface area contributed by atoms with Crippen LogP contribution in [0.3, 0.4) is 0 Å². The Balaban J connectivity index is 0.00000208. The van der Waals surface area contributed by atoms with Crippen LogP contribution in [0.15, 0.2) is 46.1 Å².